The summed E-state index contributed by atoms with van der Waals surface area (Å²) < 4.78 is 3.46. The molecular weight excluding hydrogens is 342 g/mol. The molecule has 0 aliphatic rings. The number of hydrogen-bond acceptors (Lipinski definition) is 3. The Labute approximate surface area is 155 Å². The normalized spacial score (nSPS) is 11.3. The number of benzene rings is 2. The highest BCUT2D eigenvalue weighted by Crippen LogP contribution is 2.20. The Hall–Kier alpha value is -3.35. The molecule has 2 aromatic carbocycles. The molecule has 2 N–H and O–H groups in total. The quantitative estimate of drug-likeness (QED) is 0.552. The molecule has 0 spiro atoms. The lowest BCUT2D eigenvalue weighted by Crippen LogP contribution is -2.26. The molecule has 4 aromatic rings. The van der Waals surface area contributed by atoms with E-state index in [0.29, 0.717) is 18.8 Å². The van der Waals surface area contributed by atoms with E-state index in [0.717, 1.165) is 28.4 Å². The number of rotatable bonds is 6. The topological polar surface area (TPSA) is 84.7 Å². The highest BCUT2D eigenvalue weighted by Gasteiger charge is 2.14. The van der Waals surface area contributed by atoms with E-state index in [-0.39, 0.29) is 18.0 Å². The van der Waals surface area contributed by atoms with Gasteiger partial charge in [0.15, 0.2) is 0 Å². The zero-order valence-corrected chi connectivity index (χ0v) is 15.1. The van der Waals surface area contributed by atoms with Crippen molar-refractivity contribution in [2.24, 2.45) is 0 Å². The van der Waals surface area contributed by atoms with Crippen molar-refractivity contribution in [2.45, 2.75) is 32.9 Å². The van der Waals surface area contributed by atoms with Gasteiger partial charge in [0.25, 0.3) is 0 Å². The van der Waals surface area contributed by atoms with E-state index in [1.807, 2.05) is 49.4 Å². The Kier molecular flexibility index (Phi) is 4.50. The Morgan fingerprint density at radius 1 is 1.07 bits per heavy atom. The highest BCUT2D eigenvalue weighted by atomic mass is 16.2. The van der Waals surface area contributed by atoms with Gasteiger partial charge in [-0.25, -0.2) is 4.79 Å². The number of imidazole rings is 1. The van der Waals surface area contributed by atoms with Gasteiger partial charge < -0.3 is 5.32 Å². The number of amides is 1. The zero-order chi connectivity index (χ0) is 18.8. The highest BCUT2D eigenvalue weighted by molar-refractivity contribution is 6.00. The van der Waals surface area contributed by atoms with Gasteiger partial charge in [-0.15, -0.1) is 0 Å². The standard InChI is InChI=1S/C20H21N5O2/c1-2-11-24-16-8-3-4-9-17(16)25(20(24)27)12-10-18(26)22-15-7-5-6-14-13-21-23-19(14)15/h3-9,13H,2,10-12H2,1H3,(H,21,23)(H,22,26). The molecule has 138 valence electrons. The van der Waals surface area contributed by atoms with Crippen LogP contribution >= 0.6 is 0 Å². The average Bonchev–Trinajstić information content (AvgIpc) is 3.25. The molecule has 7 nitrogen and oxygen atoms in total. The number of nitrogens with zero attached hydrogens (tertiary/aromatic N) is 3. The Morgan fingerprint density at radius 2 is 1.81 bits per heavy atom. The largest absolute Gasteiger partial charge is 0.329 e. The van der Waals surface area contributed by atoms with Crippen molar-refractivity contribution < 1.29 is 4.79 Å². The third-order valence-electron chi connectivity index (χ3n) is 4.69. The maximum absolute atomic E-state index is 12.8. The summed E-state index contributed by atoms with van der Waals surface area (Å²) in [6.07, 6.45) is 2.81. The van der Waals surface area contributed by atoms with Gasteiger partial charge in [-0.05, 0) is 24.6 Å². The maximum Gasteiger partial charge on any atom is 0.329 e. The molecule has 2 heterocycles. The molecular formula is C20H21N5O2. The summed E-state index contributed by atoms with van der Waals surface area (Å²) in [5.41, 5.74) is 3.19. The number of fused-ring (bicyclic) bond motifs is 2. The van der Waals surface area contributed by atoms with Crippen molar-refractivity contribution in [2.75, 3.05) is 5.32 Å². The van der Waals surface area contributed by atoms with Crippen molar-refractivity contribution in [3.8, 4) is 0 Å². The van der Waals surface area contributed by atoms with Crippen LogP contribution in [-0.2, 0) is 17.9 Å². The summed E-state index contributed by atoms with van der Waals surface area (Å²) in [6, 6.07) is 13.3. The first-order valence-electron chi connectivity index (χ1n) is 9.09. The minimum Gasteiger partial charge on any atom is -0.324 e. The Balaban J connectivity index is 1.55. The summed E-state index contributed by atoms with van der Waals surface area (Å²) in [6.45, 7) is 3.04. The second-order valence-electron chi connectivity index (χ2n) is 6.51. The number of aromatic nitrogens is 4. The van der Waals surface area contributed by atoms with Gasteiger partial charge in [0.1, 0.15) is 0 Å². The molecule has 0 fully saturated rings. The predicted molar refractivity (Wildman–Crippen MR) is 106 cm³/mol. The summed E-state index contributed by atoms with van der Waals surface area (Å²) in [4.78, 5) is 25.2. The third kappa shape index (κ3) is 3.12. The second-order valence-corrected chi connectivity index (χ2v) is 6.51. The zero-order valence-electron chi connectivity index (χ0n) is 15.1. The monoisotopic (exact) mass is 363 g/mol. The van der Waals surface area contributed by atoms with Crippen LogP contribution in [0.5, 0.6) is 0 Å². The number of para-hydroxylation sites is 3. The first kappa shape index (κ1) is 17.1. The van der Waals surface area contributed by atoms with E-state index in [1.54, 1.807) is 15.3 Å². The van der Waals surface area contributed by atoms with E-state index in [9.17, 15) is 9.59 Å². The van der Waals surface area contributed by atoms with Gasteiger partial charge in [0, 0.05) is 24.9 Å². The molecule has 0 saturated carbocycles. The van der Waals surface area contributed by atoms with Crippen LogP contribution in [0, 0.1) is 0 Å². The number of nitrogens with one attached hydrogen (secondary N) is 2. The fraction of sp³-hybridized carbons (Fsp3) is 0.250. The van der Waals surface area contributed by atoms with Crippen LogP contribution < -0.4 is 11.0 Å². The van der Waals surface area contributed by atoms with E-state index in [4.69, 9.17) is 0 Å². The van der Waals surface area contributed by atoms with Crippen LogP contribution in [0.15, 0.2) is 53.5 Å². The number of carbonyl (C=O) groups excluding carboxylic acids is 1. The lowest BCUT2D eigenvalue weighted by molar-refractivity contribution is -0.116. The fourth-order valence-electron chi connectivity index (χ4n) is 3.43. The molecule has 0 unspecified atom stereocenters. The molecule has 2 aromatic heterocycles. The van der Waals surface area contributed by atoms with Gasteiger partial charge >= 0.3 is 5.69 Å². The number of hydrogen-bond donors (Lipinski definition) is 2. The molecule has 0 saturated heterocycles. The first-order chi connectivity index (χ1) is 13.2. The SMILES string of the molecule is CCCn1c(=O)n(CCC(=O)Nc2cccc3cn[nH]c23)c2ccccc21. The Bertz CT molecular complexity index is 1170. The molecule has 0 aliphatic heterocycles. The molecule has 0 atom stereocenters. The summed E-state index contributed by atoms with van der Waals surface area (Å²) in [7, 11) is 0. The Morgan fingerprint density at radius 3 is 2.56 bits per heavy atom. The summed E-state index contributed by atoms with van der Waals surface area (Å²) in [5, 5.41) is 10.7. The van der Waals surface area contributed by atoms with E-state index in [2.05, 4.69) is 15.5 Å². The van der Waals surface area contributed by atoms with Crippen molar-refractivity contribution in [1.82, 2.24) is 19.3 Å². The lowest BCUT2D eigenvalue weighted by atomic mass is 10.2. The van der Waals surface area contributed by atoms with Crippen LogP contribution in [-0.4, -0.2) is 25.2 Å². The smallest absolute Gasteiger partial charge is 0.324 e. The maximum atomic E-state index is 12.8. The summed E-state index contributed by atoms with van der Waals surface area (Å²) in [5.74, 6) is -0.142. The first-order valence-corrected chi connectivity index (χ1v) is 9.09. The number of aromatic amines is 1. The van der Waals surface area contributed by atoms with Gasteiger partial charge in [0.05, 0.1) is 28.4 Å². The third-order valence-corrected chi connectivity index (χ3v) is 4.69. The number of carbonyl (C=O) groups is 1. The predicted octanol–water partition coefficient (Wildman–Crippen LogP) is 3.12. The molecule has 27 heavy (non-hydrogen) atoms. The van der Waals surface area contributed by atoms with Crippen LogP contribution in [0.4, 0.5) is 5.69 Å². The van der Waals surface area contributed by atoms with Gasteiger partial charge in [0.2, 0.25) is 5.91 Å². The lowest BCUT2D eigenvalue weighted by Gasteiger charge is -2.07. The van der Waals surface area contributed by atoms with Crippen molar-refractivity contribution in [1.29, 1.82) is 0 Å². The molecule has 7 heteroatoms. The van der Waals surface area contributed by atoms with Gasteiger partial charge in [-0.1, -0.05) is 31.2 Å². The van der Waals surface area contributed by atoms with E-state index in [1.165, 1.54) is 0 Å². The minimum atomic E-state index is -0.142. The van der Waals surface area contributed by atoms with Crippen LogP contribution in [0.3, 0.4) is 0 Å². The average molecular weight is 363 g/mol. The number of anilines is 1. The molecule has 0 aliphatic carbocycles. The number of aryl methyl sites for hydroxylation is 2. The molecule has 4 rings (SSSR count). The van der Waals surface area contributed by atoms with Crippen LogP contribution in [0.1, 0.15) is 19.8 Å². The van der Waals surface area contributed by atoms with Crippen molar-refractivity contribution >= 4 is 33.5 Å². The fourth-order valence-corrected chi connectivity index (χ4v) is 3.43. The second kappa shape index (κ2) is 7.11. The number of H-pyrrole nitrogens is 1. The van der Waals surface area contributed by atoms with E-state index < -0.39 is 0 Å². The molecule has 0 bridgehead atoms. The van der Waals surface area contributed by atoms with Crippen molar-refractivity contribution in [3.05, 3.63) is 59.1 Å². The van der Waals surface area contributed by atoms with Crippen LogP contribution in [0.2, 0.25) is 0 Å². The molecule has 1 amide bonds. The molecule has 0 radical (unpaired) electrons. The van der Waals surface area contributed by atoms with Gasteiger partial charge in [-0.3, -0.25) is 19.0 Å². The summed E-state index contributed by atoms with van der Waals surface area (Å²) >= 11 is 0. The van der Waals surface area contributed by atoms with Crippen molar-refractivity contribution in [3.63, 3.8) is 0 Å². The van der Waals surface area contributed by atoms with Gasteiger partial charge in [-0.2, -0.15) is 5.10 Å². The minimum absolute atomic E-state index is 0.0680. The van der Waals surface area contributed by atoms with E-state index >= 15 is 0 Å². The van der Waals surface area contributed by atoms with Crippen LogP contribution in [0.25, 0.3) is 21.9 Å².